The van der Waals surface area contributed by atoms with Crippen LogP contribution in [0.4, 0.5) is 5.82 Å². The molecule has 1 N–H and O–H groups in total. The van der Waals surface area contributed by atoms with Crippen LogP contribution in [0.25, 0.3) is 0 Å². The number of hydrogen-bond acceptors (Lipinski definition) is 4. The van der Waals surface area contributed by atoms with Crippen molar-refractivity contribution in [2.75, 3.05) is 32.1 Å². The Hall–Kier alpha value is -1.33. The van der Waals surface area contributed by atoms with Crippen LogP contribution in [0.2, 0.25) is 5.02 Å². The zero-order valence-corrected chi connectivity index (χ0v) is 13.9. The Balaban J connectivity index is 2.94. The van der Waals surface area contributed by atoms with E-state index in [2.05, 4.69) is 17.2 Å². The van der Waals surface area contributed by atoms with Crippen molar-refractivity contribution in [3.63, 3.8) is 0 Å². The van der Waals surface area contributed by atoms with Crippen molar-refractivity contribution < 1.29 is 9.53 Å². The van der Waals surface area contributed by atoms with Crippen molar-refractivity contribution in [1.82, 2.24) is 9.88 Å². The molecule has 6 heteroatoms. The second kappa shape index (κ2) is 8.85. The van der Waals surface area contributed by atoms with Gasteiger partial charge in [0.05, 0.1) is 17.2 Å². The van der Waals surface area contributed by atoms with E-state index >= 15 is 0 Å². The second-order valence-electron chi connectivity index (χ2n) is 4.83. The summed E-state index contributed by atoms with van der Waals surface area (Å²) in [4.78, 5) is 18.6. The first-order valence-electron chi connectivity index (χ1n) is 7.24. The molecule has 1 heterocycles. The topological polar surface area (TPSA) is 54.5 Å². The highest BCUT2D eigenvalue weighted by Gasteiger charge is 2.21. The first kappa shape index (κ1) is 17.7. The Bertz CT molecular complexity index is 468. The Labute approximate surface area is 131 Å². The van der Waals surface area contributed by atoms with Crippen LogP contribution in [0.5, 0.6) is 0 Å². The molecule has 0 spiro atoms. The molecule has 1 aromatic rings. The molecule has 0 aliphatic carbocycles. The van der Waals surface area contributed by atoms with E-state index in [1.807, 2.05) is 13.8 Å². The number of halogens is 1. The third-order valence-corrected chi connectivity index (χ3v) is 3.64. The van der Waals surface area contributed by atoms with Gasteiger partial charge in [-0.15, -0.1) is 0 Å². The maximum atomic E-state index is 12.6. The largest absolute Gasteiger partial charge is 0.383 e. The fraction of sp³-hybridized carbons (Fsp3) is 0.600. The summed E-state index contributed by atoms with van der Waals surface area (Å²) in [7, 11) is 1.63. The SMILES string of the molecule is CCNc1ncc(C(=O)N(CCOC)C(C)CC)cc1Cl. The summed E-state index contributed by atoms with van der Waals surface area (Å²) in [6, 6.07) is 1.80. The zero-order chi connectivity index (χ0) is 15.8. The Morgan fingerprint density at radius 1 is 1.52 bits per heavy atom. The number of nitrogens with zero attached hydrogens (tertiary/aromatic N) is 2. The third-order valence-electron chi connectivity index (χ3n) is 3.35. The van der Waals surface area contributed by atoms with Gasteiger partial charge < -0.3 is 15.0 Å². The molecule has 1 rings (SSSR count). The fourth-order valence-corrected chi connectivity index (χ4v) is 2.18. The molecule has 1 aromatic heterocycles. The quantitative estimate of drug-likeness (QED) is 0.801. The minimum atomic E-state index is -0.0705. The average molecular weight is 314 g/mol. The van der Waals surface area contributed by atoms with Crippen LogP contribution < -0.4 is 5.32 Å². The van der Waals surface area contributed by atoms with Gasteiger partial charge in [0.1, 0.15) is 5.82 Å². The predicted octanol–water partition coefficient (Wildman–Crippen LogP) is 3.05. The smallest absolute Gasteiger partial charge is 0.255 e. The van der Waals surface area contributed by atoms with Crippen LogP contribution in [0.3, 0.4) is 0 Å². The van der Waals surface area contributed by atoms with Gasteiger partial charge in [-0.3, -0.25) is 4.79 Å². The molecule has 0 fully saturated rings. The highest BCUT2D eigenvalue weighted by molar-refractivity contribution is 6.33. The summed E-state index contributed by atoms with van der Waals surface area (Å²) in [5.41, 5.74) is 0.498. The van der Waals surface area contributed by atoms with Crippen molar-refractivity contribution in [1.29, 1.82) is 0 Å². The van der Waals surface area contributed by atoms with E-state index in [0.717, 1.165) is 13.0 Å². The minimum absolute atomic E-state index is 0.0705. The van der Waals surface area contributed by atoms with Gasteiger partial charge in [-0.05, 0) is 26.3 Å². The van der Waals surface area contributed by atoms with E-state index in [9.17, 15) is 4.79 Å². The van der Waals surface area contributed by atoms with Gasteiger partial charge in [0.2, 0.25) is 0 Å². The van der Waals surface area contributed by atoms with Crippen LogP contribution in [-0.2, 0) is 4.74 Å². The predicted molar refractivity (Wildman–Crippen MR) is 86.1 cm³/mol. The van der Waals surface area contributed by atoms with Crippen molar-refractivity contribution in [2.24, 2.45) is 0 Å². The van der Waals surface area contributed by atoms with Gasteiger partial charge in [-0.25, -0.2) is 4.98 Å². The molecule has 0 aromatic carbocycles. The average Bonchev–Trinajstić information content (AvgIpc) is 2.49. The molecule has 0 bridgehead atoms. The number of anilines is 1. The summed E-state index contributed by atoms with van der Waals surface area (Å²) in [6.45, 7) is 7.83. The summed E-state index contributed by atoms with van der Waals surface area (Å²) in [6.07, 6.45) is 2.44. The fourth-order valence-electron chi connectivity index (χ4n) is 1.95. The minimum Gasteiger partial charge on any atom is -0.383 e. The number of rotatable bonds is 8. The van der Waals surface area contributed by atoms with E-state index < -0.39 is 0 Å². The van der Waals surface area contributed by atoms with E-state index in [4.69, 9.17) is 16.3 Å². The number of ether oxygens (including phenoxy) is 1. The van der Waals surface area contributed by atoms with E-state index in [-0.39, 0.29) is 11.9 Å². The molecule has 21 heavy (non-hydrogen) atoms. The zero-order valence-electron chi connectivity index (χ0n) is 13.1. The molecule has 1 amide bonds. The molecule has 0 saturated carbocycles. The molecule has 5 nitrogen and oxygen atoms in total. The molecular formula is C15H24ClN3O2. The van der Waals surface area contributed by atoms with Crippen LogP contribution in [0.1, 0.15) is 37.6 Å². The number of pyridine rings is 1. The highest BCUT2D eigenvalue weighted by Crippen LogP contribution is 2.21. The number of carbonyl (C=O) groups is 1. The van der Waals surface area contributed by atoms with Gasteiger partial charge in [-0.2, -0.15) is 0 Å². The Morgan fingerprint density at radius 2 is 2.24 bits per heavy atom. The van der Waals surface area contributed by atoms with E-state index in [1.54, 1.807) is 24.3 Å². The van der Waals surface area contributed by atoms with Gasteiger partial charge in [0, 0.05) is 32.4 Å². The summed E-state index contributed by atoms with van der Waals surface area (Å²) in [5.74, 6) is 0.529. The van der Waals surface area contributed by atoms with Gasteiger partial charge in [0.15, 0.2) is 0 Å². The number of methoxy groups -OCH3 is 1. The highest BCUT2D eigenvalue weighted by atomic mass is 35.5. The van der Waals surface area contributed by atoms with Crippen molar-refractivity contribution in [3.05, 3.63) is 22.8 Å². The van der Waals surface area contributed by atoms with Crippen LogP contribution in [0.15, 0.2) is 12.3 Å². The maximum absolute atomic E-state index is 12.6. The Kier molecular flexibility index (Phi) is 7.47. The van der Waals surface area contributed by atoms with Crippen molar-refractivity contribution in [3.8, 4) is 0 Å². The van der Waals surface area contributed by atoms with Crippen molar-refractivity contribution >= 4 is 23.3 Å². The molecule has 0 radical (unpaired) electrons. The maximum Gasteiger partial charge on any atom is 0.255 e. The molecule has 1 atom stereocenters. The lowest BCUT2D eigenvalue weighted by Crippen LogP contribution is -2.40. The van der Waals surface area contributed by atoms with Crippen LogP contribution in [-0.4, -0.2) is 48.6 Å². The normalized spacial score (nSPS) is 12.0. The third kappa shape index (κ3) is 4.86. The first-order chi connectivity index (χ1) is 10.0. The number of nitrogens with one attached hydrogen (secondary N) is 1. The standard InChI is InChI=1S/C15H24ClN3O2/c1-5-11(3)19(7-8-21-4)15(20)12-9-13(16)14(17-6-2)18-10-12/h9-11H,5-8H2,1-4H3,(H,17,18). The van der Waals surface area contributed by atoms with E-state index in [0.29, 0.717) is 29.6 Å². The molecule has 0 aliphatic rings. The number of aromatic nitrogens is 1. The van der Waals surface area contributed by atoms with E-state index in [1.165, 1.54) is 0 Å². The van der Waals surface area contributed by atoms with Crippen LogP contribution in [0, 0.1) is 0 Å². The van der Waals surface area contributed by atoms with Crippen LogP contribution >= 0.6 is 11.6 Å². The molecule has 118 valence electrons. The number of amides is 1. The molecule has 1 unspecified atom stereocenters. The van der Waals surface area contributed by atoms with Gasteiger partial charge in [-0.1, -0.05) is 18.5 Å². The Morgan fingerprint density at radius 3 is 2.76 bits per heavy atom. The number of hydrogen-bond donors (Lipinski definition) is 1. The lowest BCUT2D eigenvalue weighted by Gasteiger charge is -2.28. The van der Waals surface area contributed by atoms with Gasteiger partial charge in [0.25, 0.3) is 5.91 Å². The van der Waals surface area contributed by atoms with Crippen molar-refractivity contribution in [2.45, 2.75) is 33.2 Å². The summed E-state index contributed by atoms with van der Waals surface area (Å²) in [5, 5.41) is 3.51. The second-order valence-corrected chi connectivity index (χ2v) is 5.24. The molecule has 0 aliphatic heterocycles. The van der Waals surface area contributed by atoms with Gasteiger partial charge >= 0.3 is 0 Å². The molecular weight excluding hydrogens is 290 g/mol. The first-order valence-corrected chi connectivity index (χ1v) is 7.62. The summed E-state index contributed by atoms with van der Waals surface area (Å²) < 4.78 is 5.08. The monoisotopic (exact) mass is 313 g/mol. The molecule has 0 saturated heterocycles. The summed E-state index contributed by atoms with van der Waals surface area (Å²) >= 11 is 6.15. The lowest BCUT2D eigenvalue weighted by atomic mass is 10.1. The lowest BCUT2D eigenvalue weighted by molar-refractivity contribution is 0.0613. The number of carbonyl (C=O) groups excluding carboxylic acids is 1.